The molecule has 0 heterocycles. The molecule has 0 saturated heterocycles. The van der Waals surface area contributed by atoms with E-state index in [-0.39, 0.29) is 12.5 Å². The third kappa shape index (κ3) is 4.88. The zero-order chi connectivity index (χ0) is 13.4. The molecule has 100 valence electrons. The van der Waals surface area contributed by atoms with Gasteiger partial charge in [-0.25, -0.2) is 0 Å². The van der Waals surface area contributed by atoms with Crippen LogP contribution in [-0.4, -0.2) is 17.6 Å². The molecule has 0 aromatic heterocycles. The number of benzene rings is 1. The van der Waals surface area contributed by atoms with Gasteiger partial charge in [0.2, 0.25) is 5.91 Å². The van der Waals surface area contributed by atoms with E-state index in [2.05, 4.69) is 12.2 Å². The fourth-order valence-corrected chi connectivity index (χ4v) is 1.79. The van der Waals surface area contributed by atoms with Crippen LogP contribution in [0.15, 0.2) is 30.3 Å². The van der Waals surface area contributed by atoms with Gasteiger partial charge < -0.3 is 10.4 Å². The maximum Gasteiger partial charge on any atom is 0.220 e. The first kappa shape index (κ1) is 14.7. The molecule has 0 aliphatic carbocycles. The summed E-state index contributed by atoms with van der Waals surface area (Å²) in [5.41, 5.74) is -0.194. The van der Waals surface area contributed by atoms with Crippen LogP contribution in [0, 0.1) is 0 Å². The fraction of sp³-hybridized carbons (Fsp3) is 0.533. The molecule has 0 aliphatic heterocycles. The summed E-state index contributed by atoms with van der Waals surface area (Å²) in [7, 11) is 0. The second-order valence-corrected chi connectivity index (χ2v) is 4.87. The Kier molecular flexibility index (Phi) is 5.86. The Bertz CT molecular complexity index is 360. The highest BCUT2D eigenvalue weighted by Crippen LogP contribution is 2.18. The van der Waals surface area contributed by atoms with Crippen molar-refractivity contribution in [2.45, 2.75) is 45.1 Å². The molecule has 1 atom stereocenters. The van der Waals surface area contributed by atoms with Crippen LogP contribution in [0.3, 0.4) is 0 Å². The van der Waals surface area contributed by atoms with E-state index in [9.17, 15) is 9.90 Å². The van der Waals surface area contributed by atoms with Crippen molar-refractivity contribution >= 4 is 5.91 Å². The lowest BCUT2D eigenvalue weighted by Crippen LogP contribution is -2.38. The predicted molar refractivity (Wildman–Crippen MR) is 73.2 cm³/mol. The van der Waals surface area contributed by atoms with Crippen molar-refractivity contribution in [1.82, 2.24) is 5.32 Å². The average Bonchev–Trinajstić information content (AvgIpc) is 2.38. The van der Waals surface area contributed by atoms with E-state index in [0.29, 0.717) is 6.42 Å². The van der Waals surface area contributed by atoms with Gasteiger partial charge in [0.05, 0.1) is 6.54 Å². The van der Waals surface area contributed by atoms with Crippen LogP contribution in [0.2, 0.25) is 0 Å². The summed E-state index contributed by atoms with van der Waals surface area (Å²) in [4.78, 5) is 11.6. The minimum Gasteiger partial charge on any atom is -0.384 e. The molecule has 0 fully saturated rings. The summed E-state index contributed by atoms with van der Waals surface area (Å²) in [5, 5.41) is 13.1. The lowest BCUT2D eigenvalue weighted by atomic mass is 9.96. The van der Waals surface area contributed by atoms with Gasteiger partial charge in [0, 0.05) is 6.42 Å². The van der Waals surface area contributed by atoms with Crippen molar-refractivity contribution in [3.8, 4) is 0 Å². The summed E-state index contributed by atoms with van der Waals surface area (Å²) < 4.78 is 0. The number of amides is 1. The van der Waals surface area contributed by atoms with E-state index in [1.54, 1.807) is 6.92 Å². The van der Waals surface area contributed by atoms with Crippen molar-refractivity contribution < 1.29 is 9.90 Å². The predicted octanol–water partition coefficient (Wildman–Crippen LogP) is 2.59. The monoisotopic (exact) mass is 249 g/mol. The van der Waals surface area contributed by atoms with Gasteiger partial charge in [0.15, 0.2) is 0 Å². The van der Waals surface area contributed by atoms with Gasteiger partial charge >= 0.3 is 0 Å². The van der Waals surface area contributed by atoms with E-state index in [4.69, 9.17) is 0 Å². The van der Waals surface area contributed by atoms with Crippen molar-refractivity contribution in [1.29, 1.82) is 0 Å². The molecule has 1 aromatic rings. The molecule has 1 unspecified atom stereocenters. The second-order valence-electron chi connectivity index (χ2n) is 4.87. The largest absolute Gasteiger partial charge is 0.384 e. The number of hydrogen-bond donors (Lipinski definition) is 2. The second kappa shape index (κ2) is 7.17. The van der Waals surface area contributed by atoms with E-state index < -0.39 is 5.60 Å². The first-order chi connectivity index (χ1) is 8.56. The van der Waals surface area contributed by atoms with Crippen LogP contribution in [0.25, 0.3) is 0 Å². The quantitative estimate of drug-likeness (QED) is 0.730. The van der Waals surface area contributed by atoms with Gasteiger partial charge in [-0.1, -0.05) is 50.1 Å². The van der Waals surface area contributed by atoms with Crippen LogP contribution >= 0.6 is 0 Å². The van der Waals surface area contributed by atoms with Gasteiger partial charge in [-0.05, 0) is 18.9 Å². The van der Waals surface area contributed by atoms with E-state index in [0.717, 1.165) is 24.8 Å². The number of rotatable bonds is 7. The molecule has 3 heteroatoms. The highest BCUT2D eigenvalue weighted by atomic mass is 16.3. The number of nitrogens with one attached hydrogen (secondary N) is 1. The number of carbonyl (C=O) groups is 1. The van der Waals surface area contributed by atoms with Gasteiger partial charge in [0.1, 0.15) is 5.60 Å². The highest BCUT2D eigenvalue weighted by Gasteiger charge is 2.23. The molecule has 2 N–H and O–H groups in total. The zero-order valence-electron chi connectivity index (χ0n) is 11.3. The number of unbranched alkanes of at least 4 members (excludes halogenated alkanes) is 2. The average molecular weight is 249 g/mol. The molecule has 1 rings (SSSR count). The highest BCUT2D eigenvalue weighted by molar-refractivity contribution is 5.75. The third-order valence-electron chi connectivity index (χ3n) is 3.03. The van der Waals surface area contributed by atoms with Gasteiger partial charge in [-0.3, -0.25) is 4.79 Å². The topological polar surface area (TPSA) is 49.3 Å². The number of hydrogen-bond acceptors (Lipinski definition) is 2. The van der Waals surface area contributed by atoms with E-state index in [1.165, 1.54) is 0 Å². The van der Waals surface area contributed by atoms with Crippen molar-refractivity contribution in [2.24, 2.45) is 0 Å². The fourth-order valence-electron chi connectivity index (χ4n) is 1.79. The van der Waals surface area contributed by atoms with Crippen LogP contribution in [-0.2, 0) is 10.4 Å². The zero-order valence-corrected chi connectivity index (χ0v) is 11.3. The Morgan fingerprint density at radius 3 is 2.56 bits per heavy atom. The van der Waals surface area contributed by atoms with Crippen molar-refractivity contribution in [2.75, 3.05) is 6.54 Å². The number of aliphatic hydroxyl groups is 1. The molecule has 18 heavy (non-hydrogen) atoms. The van der Waals surface area contributed by atoms with E-state index in [1.807, 2.05) is 30.3 Å². The van der Waals surface area contributed by atoms with Crippen molar-refractivity contribution in [3.05, 3.63) is 35.9 Å². The summed E-state index contributed by atoms with van der Waals surface area (Å²) >= 11 is 0. The maximum atomic E-state index is 11.6. The van der Waals surface area contributed by atoms with Gasteiger partial charge in [-0.15, -0.1) is 0 Å². The summed E-state index contributed by atoms with van der Waals surface area (Å²) in [6.07, 6.45) is 3.63. The van der Waals surface area contributed by atoms with E-state index >= 15 is 0 Å². The minimum absolute atomic E-state index is 0.0136. The Hall–Kier alpha value is -1.35. The lowest BCUT2D eigenvalue weighted by molar-refractivity contribution is -0.122. The molecule has 3 nitrogen and oxygen atoms in total. The first-order valence-electron chi connectivity index (χ1n) is 6.61. The standard InChI is InChI=1S/C15H23NO2/c1-3-4-6-11-14(17)16-12-15(2,18)13-9-7-5-8-10-13/h5,7-10,18H,3-4,6,11-12H2,1-2H3,(H,16,17). The van der Waals surface area contributed by atoms with Gasteiger partial charge in [-0.2, -0.15) is 0 Å². The molecule has 0 radical (unpaired) electrons. The van der Waals surface area contributed by atoms with Crippen LogP contribution in [0.4, 0.5) is 0 Å². The molecular weight excluding hydrogens is 226 g/mol. The first-order valence-corrected chi connectivity index (χ1v) is 6.61. The number of carbonyl (C=O) groups excluding carboxylic acids is 1. The van der Waals surface area contributed by atoms with Crippen LogP contribution in [0.1, 0.15) is 45.1 Å². The molecular formula is C15H23NO2. The normalized spacial score (nSPS) is 13.9. The lowest BCUT2D eigenvalue weighted by Gasteiger charge is -2.24. The SMILES string of the molecule is CCCCCC(=O)NCC(C)(O)c1ccccc1. The Balaban J connectivity index is 2.40. The van der Waals surface area contributed by atoms with Crippen molar-refractivity contribution in [3.63, 3.8) is 0 Å². The molecule has 1 aromatic carbocycles. The Morgan fingerprint density at radius 1 is 1.28 bits per heavy atom. The Labute approximate surface area is 109 Å². The summed E-state index contributed by atoms with van der Waals surface area (Å²) in [6, 6.07) is 9.40. The molecule has 0 aliphatic rings. The smallest absolute Gasteiger partial charge is 0.220 e. The van der Waals surface area contributed by atoms with Crippen LogP contribution < -0.4 is 5.32 Å². The van der Waals surface area contributed by atoms with Gasteiger partial charge in [0.25, 0.3) is 0 Å². The molecule has 0 bridgehead atoms. The molecule has 1 amide bonds. The van der Waals surface area contributed by atoms with Crippen LogP contribution in [0.5, 0.6) is 0 Å². The third-order valence-corrected chi connectivity index (χ3v) is 3.03. The minimum atomic E-state index is -1.01. The summed E-state index contributed by atoms with van der Waals surface area (Å²) in [6.45, 7) is 4.08. The molecule has 0 saturated carbocycles. The Morgan fingerprint density at radius 2 is 1.94 bits per heavy atom. The summed E-state index contributed by atoms with van der Waals surface area (Å²) in [5.74, 6) is 0.0136. The molecule has 0 spiro atoms. The maximum absolute atomic E-state index is 11.6.